The van der Waals surface area contributed by atoms with Crippen molar-refractivity contribution in [2.75, 3.05) is 6.54 Å². The first-order valence-corrected chi connectivity index (χ1v) is 6.26. The Morgan fingerprint density at radius 1 is 1.17 bits per heavy atom. The van der Waals surface area contributed by atoms with Gasteiger partial charge in [0, 0.05) is 6.54 Å². The number of ether oxygens (including phenoxy) is 1. The van der Waals surface area contributed by atoms with Crippen LogP contribution < -0.4 is 10.5 Å². The monoisotopic (exact) mass is 261 g/mol. The molecule has 1 unspecified atom stereocenters. The average Bonchev–Trinajstić information content (AvgIpc) is 2.38. The van der Waals surface area contributed by atoms with Crippen molar-refractivity contribution in [1.82, 2.24) is 0 Å². The van der Waals surface area contributed by atoms with E-state index in [1.165, 1.54) is 5.56 Å². The Kier molecular flexibility index (Phi) is 4.24. The summed E-state index contributed by atoms with van der Waals surface area (Å²) in [6.45, 7) is 2.46. The zero-order valence-corrected chi connectivity index (χ0v) is 11.0. The fraction of sp³-hybridized carbons (Fsp3) is 0.200. The molecule has 94 valence electrons. The highest BCUT2D eigenvalue weighted by Crippen LogP contribution is 2.28. The highest BCUT2D eigenvalue weighted by atomic mass is 35.5. The van der Waals surface area contributed by atoms with E-state index in [1.807, 2.05) is 43.3 Å². The number of halogens is 1. The molecular weight excluding hydrogens is 246 g/mol. The molecule has 0 radical (unpaired) electrons. The summed E-state index contributed by atoms with van der Waals surface area (Å²) in [5, 5.41) is 0.601. The first-order valence-electron chi connectivity index (χ1n) is 5.88. The van der Waals surface area contributed by atoms with Crippen molar-refractivity contribution >= 4 is 11.6 Å². The minimum Gasteiger partial charge on any atom is -0.483 e. The van der Waals surface area contributed by atoms with E-state index in [9.17, 15) is 0 Å². The van der Waals surface area contributed by atoms with Gasteiger partial charge < -0.3 is 10.5 Å². The Hall–Kier alpha value is -1.51. The number of hydrogen-bond acceptors (Lipinski definition) is 2. The zero-order valence-electron chi connectivity index (χ0n) is 10.3. The lowest BCUT2D eigenvalue weighted by atomic mass is 10.1. The molecule has 0 spiro atoms. The normalized spacial score (nSPS) is 12.2. The molecule has 0 aliphatic carbocycles. The number of hydrogen-bond donors (Lipinski definition) is 1. The number of benzene rings is 2. The van der Waals surface area contributed by atoms with E-state index in [0.29, 0.717) is 17.3 Å². The zero-order chi connectivity index (χ0) is 13.0. The lowest BCUT2D eigenvalue weighted by Gasteiger charge is -2.19. The molecule has 2 rings (SSSR count). The van der Waals surface area contributed by atoms with Crippen molar-refractivity contribution in [3.05, 3.63) is 64.7 Å². The van der Waals surface area contributed by atoms with Crippen LogP contribution in [0.2, 0.25) is 5.02 Å². The topological polar surface area (TPSA) is 35.2 Å². The molecule has 0 saturated carbocycles. The predicted molar refractivity (Wildman–Crippen MR) is 75.1 cm³/mol. The summed E-state index contributed by atoms with van der Waals surface area (Å²) in [5.74, 6) is 0.663. The molecule has 2 aromatic rings. The van der Waals surface area contributed by atoms with Crippen molar-refractivity contribution < 1.29 is 4.74 Å². The molecule has 0 aliphatic rings. The number of rotatable bonds is 4. The van der Waals surface area contributed by atoms with Gasteiger partial charge in [0.05, 0.1) is 5.02 Å². The Morgan fingerprint density at radius 2 is 1.94 bits per heavy atom. The van der Waals surface area contributed by atoms with Crippen LogP contribution in [0.25, 0.3) is 0 Å². The van der Waals surface area contributed by atoms with Crippen molar-refractivity contribution in [3.8, 4) is 5.75 Å². The maximum Gasteiger partial charge on any atom is 0.138 e. The summed E-state index contributed by atoms with van der Waals surface area (Å²) in [6, 6.07) is 15.6. The summed E-state index contributed by atoms with van der Waals surface area (Å²) in [7, 11) is 0. The van der Waals surface area contributed by atoms with Crippen molar-refractivity contribution in [2.24, 2.45) is 5.73 Å². The lowest BCUT2D eigenvalue weighted by Crippen LogP contribution is -2.18. The number of para-hydroxylation sites is 1. The molecule has 18 heavy (non-hydrogen) atoms. The minimum atomic E-state index is -0.176. The van der Waals surface area contributed by atoms with E-state index < -0.39 is 0 Å². The highest BCUT2D eigenvalue weighted by Gasteiger charge is 2.13. The third-order valence-corrected chi connectivity index (χ3v) is 3.05. The Balaban J connectivity index is 2.23. The van der Waals surface area contributed by atoms with Gasteiger partial charge in [0.15, 0.2) is 0 Å². The molecule has 0 fully saturated rings. The SMILES string of the molecule is Cc1cccc(C(CN)Oc2ccccc2Cl)c1. The standard InChI is InChI=1S/C15H16ClNO/c1-11-5-4-6-12(9-11)15(10-17)18-14-8-3-2-7-13(14)16/h2-9,15H,10,17H2,1H3. The lowest BCUT2D eigenvalue weighted by molar-refractivity contribution is 0.214. The van der Waals surface area contributed by atoms with Gasteiger partial charge in [-0.05, 0) is 24.6 Å². The predicted octanol–water partition coefficient (Wildman–Crippen LogP) is 3.73. The maximum atomic E-state index is 6.08. The maximum absolute atomic E-state index is 6.08. The molecule has 0 aromatic heterocycles. The smallest absolute Gasteiger partial charge is 0.138 e. The van der Waals surface area contributed by atoms with Crippen LogP contribution in [-0.4, -0.2) is 6.54 Å². The second-order valence-electron chi connectivity index (χ2n) is 4.19. The van der Waals surface area contributed by atoms with Crippen LogP contribution in [0.15, 0.2) is 48.5 Å². The van der Waals surface area contributed by atoms with E-state index in [1.54, 1.807) is 6.07 Å². The van der Waals surface area contributed by atoms with Gasteiger partial charge in [-0.2, -0.15) is 0 Å². The van der Waals surface area contributed by atoms with E-state index in [4.69, 9.17) is 22.1 Å². The molecular formula is C15H16ClNO. The van der Waals surface area contributed by atoms with Crippen LogP contribution in [0.3, 0.4) is 0 Å². The van der Waals surface area contributed by atoms with Gasteiger partial charge in [-0.1, -0.05) is 53.6 Å². The van der Waals surface area contributed by atoms with Crippen LogP contribution in [0.4, 0.5) is 0 Å². The molecule has 1 atom stereocenters. The van der Waals surface area contributed by atoms with Crippen LogP contribution in [0.1, 0.15) is 17.2 Å². The molecule has 0 aliphatic heterocycles. The van der Waals surface area contributed by atoms with Gasteiger partial charge in [-0.25, -0.2) is 0 Å². The first kappa shape index (κ1) is 12.9. The second-order valence-corrected chi connectivity index (χ2v) is 4.59. The molecule has 0 bridgehead atoms. The molecule has 2 aromatic carbocycles. The summed E-state index contributed by atoms with van der Waals surface area (Å²) in [5.41, 5.74) is 8.04. The average molecular weight is 262 g/mol. The van der Waals surface area contributed by atoms with E-state index in [-0.39, 0.29) is 6.10 Å². The fourth-order valence-electron chi connectivity index (χ4n) is 1.82. The minimum absolute atomic E-state index is 0.176. The van der Waals surface area contributed by atoms with Crippen LogP contribution >= 0.6 is 11.6 Å². The third kappa shape index (κ3) is 3.03. The first-order chi connectivity index (χ1) is 8.70. The Bertz CT molecular complexity index is 527. The van der Waals surface area contributed by atoms with Gasteiger partial charge in [0.25, 0.3) is 0 Å². The number of aryl methyl sites for hydroxylation is 1. The summed E-state index contributed by atoms with van der Waals surface area (Å²) >= 11 is 6.08. The molecule has 2 N–H and O–H groups in total. The van der Waals surface area contributed by atoms with E-state index in [0.717, 1.165) is 5.56 Å². The van der Waals surface area contributed by atoms with Gasteiger partial charge in [-0.3, -0.25) is 0 Å². The largest absolute Gasteiger partial charge is 0.483 e. The van der Waals surface area contributed by atoms with Gasteiger partial charge in [0.2, 0.25) is 0 Å². The Morgan fingerprint density at radius 3 is 2.61 bits per heavy atom. The quantitative estimate of drug-likeness (QED) is 0.910. The van der Waals surface area contributed by atoms with Crippen LogP contribution in [0.5, 0.6) is 5.75 Å². The Labute approximate surface area is 112 Å². The van der Waals surface area contributed by atoms with Crippen molar-refractivity contribution in [2.45, 2.75) is 13.0 Å². The molecule has 0 saturated heterocycles. The van der Waals surface area contributed by atoms with Crippen LogP contribution in [-0.2, 0) is 0 Å². The fourth-order valence-corrected chi connectivity index (χ4v) is 2.00. The van der Waals surface area contributed by atoms with Gasteiger partial charge in [0.1, 0.15) is 11.9 Å². The highest BCUT2D eigenvalue weighted by molar-refractivity contribution is 6.32. The number of nitrogens with two attached hydrogens (primary N) is 1. The molecule has 3 heteroatoms. The summed E-state index contributed by atoms with van der Waals surface area (Å²) in [6.07, 6.45) is -0.176. The second kappa shape index (κ2) is 5.89. The van der Waals surface area contributed by atoms with Crippen molar-refractivity contribution in [3.63, 3.8) is 0 Å². The van der Waals surface area contributed by atoms with Crippen molar-refractivity contribution in [1.29, 1.82) is 0 Å². The summed E-state index contributed by atoms with van der Waals surface area (Å²) < 4.78 is 5.88. The molecule has 0 heterocycles. The van der Waals surface area contributed by atoms with Crippen LogP contribution in [0, 0.1) is 6.92 Å². The van der Waals surface area contributed by atoms with Gasteiger partial charge >= 0.3 is 0 Å². The molecule has 0 amide bonds. The van der Waals surface area contributed by atoms with E-state index in [2.05, 4.69) is 6.07 Å². The van der Waals surface area contributed by atoms with Gasteiger partial charge in [-0.15, -0.1) is 0 Å². The molecule has 2 nitrogen and oxygen atoms in total. The third-order valence-electron chi connectivity index (χ3n) is 2.73. The summed E-state index contributed by atoms with van der Waals surface area (Å²) in [4.78, 5) is 0. The van der Waals surface area contributed by atoms with E-state index >= 15 is 0 Å².